The number of aliphatic imine (C=N–C) groups is 2. The largest absolute Gasteiger partial charge is 0.273 e. The first-order valence-electron chi connectivity index (χ1n) is 9.27. The van der Waals surface area contributed by atoms with Gasteiger partial charge >= 0.3 is 0 Å². The molecule has 1 unspecified atom stereocenters. The fourth-order valence-electron chi connectivity index (χ4n) is 3.37. The van der Waals surface area contributed by atoms with E-state index in [9.17, 15) is 4.79 Å². The molecule has 2 aromatic rings. The van der Waals surface area contributed by atoms with Gasteiger partial charge in [-0.1, -0.05) is 42.1 Å². The minimum Gasteiger partial charge on any atom is -0.273 e. The fourth-order valence-corrected chi connectivity index (χ4v) is 4.10. The Morgan fingerprint density at radius 1 is 1.24 bits per heavy atom. The maximum Gasteiger partial charge on any atom is 0.244 e. The molecule has 3 aliphatic rings. The molecule has 1 amide bonds. The van der Waals surface area contributed by atoms with E-state index in [2.05, 4.69) is 39.6 Å². The molecule has 144 valence electrons. The van der Waals surface area contributed by atoms with E-state index in [0.717, 1.165) is 23.4 Å². The van der Waals surface area contributed by atoms with E-state index in [-0.39, 0.29) is 11.8 Å². The summed E-state index contributed by atoms with van der Waals surface area (Å²) in [6.45, 7) is 5.98. The maximum absolute atomic E-state index is 12.1. The number of carbonyl (C=O) groups is 1. The summed E-state index contributed by atoms with van der Waals surface area (Å²) in [5.41, 5.74) is 3.94. The second-order valence-corrected chi connectivity index (χ2v) is 8.07. The van der Waals surface area contributed by atoms with Gasteiger partial charge in [-0.2, -0.15) is 0 Å². The minimum absolute atomic E-state index is 0.0416. The molecule has 0 N–H and O–H groups in total. The molecule has 0 bridgehead atoms. The Balaban J connectivity index is 1.43. The molecule has 0 saturated carbocycles. The number of carbonyl (C=O) groups excluding carboxylic acids is 1. The molecular weight excluding hydrogens is 384 g/mol. The van der Waals surface area contributed by atoms with Gasteiger partial charge in [-0.3, -0.25) is 4.79 Å². The van der Waals surface area contributed by atoms with E-state index in [4.69, 9.17) is 0 Å². The van der Waals surface area contributed by atoms with E-state index in [1.165, 1.54) is 22.2 Å². The van der Waals surface area contributed by atoms with Crippen molar-refractivity contribution < 1.29 is 4.79 Å². The summed E-state index contributed by atoms with van der Waals surface area (Å²) in [5, 5.41) is 5.28. The summed E-state index contributed by atoms with van der Waals surface area (Å²) < 4.78 is 1.77. The number of fused-ring (bicyclic) bond motifs is 1. The molecular formula is C21H18N6OS. The SMILES string of the molecule is C=C1SCC(=O)N1C1=NC2=CC(c3ncn(-c4ccc(C)cc4)n3)=CCC2C=N1. The third kappa shape index (κ3) is 3.25. The Labute approximate surface area is 172 Å². The second-order valence-electron chi connectivity index (χ2n) is 7.02. The van der Waals surface area contributed by atoms with Crippen LogP contribution in [0.3, 0.4) is 0 Å². The Hall–Kier alpha value is -3.26. The van der Waals surface area contributed by atoms with Crippen molar-refractivity contribution in [1.29, 1.82) is 0 Å². The molecule has 1 saturated heterocycles. The molecule has 1 atom stereocenters. The second kappa shape index (κ2) is 6.97. The average Bonchev–Trinajstić information content (AvgIpc) is 3.35. The van der Waals surface area contributed by atoms with Gasteiger partial charge in [0, 0.05) is 17.7 Å². The number of aryl methyl sites for hydroxylation is 1. The smallest absolute Gasteiger partial charge is 0.244 e. The van der Waals surface area contributed by atoms with Gasteiger partial charge in [0.25, 0.3) is 0 Å². The monoisotopic (exact) mass is 402 g/mol. The van der Waals surface area contributed by atoms with E-state index < -0.39 is 0 Å². The van der Waals surface area contributed by atoms with Gasteiger partial charge in [-0.15, -0.1) is 5.10 Å². The quantitative estimate of drug-likeness (QED) is 0.772. The summed E-state index contributed by atoms with van der Waals surface area (Å²) in [5.74, 6) is 1.46. The lowest BCUT2D eigenvalue weighted by molar-refractivity contribution is -0.122. The van der Waals surface area contributed by atoms with Gasteiger partial charge in [0.05, 0.1) is 22.2 Å². The number of rotatable bonds is 2. The molecule has 0 radical (unpaired) electrons. The highest BCUT2D eigenvalue weighted by Crippen LogP contribution is 2.33. The number of benzene rings is 1. The Kier molecular flexibility index (Phi) is 4.28. The van der Waals surface area contributed by atoms with Crippen LogP contribution in [0.15, 0.2) is 70.0 Å². The van der Waals surface area contributed by atoms with E-state index in [1.807, 2.05) is 36.6 Å². The zero-order valence-corrected chi connectivity index (χ0v) is 16.6. The molecule has 1 fully saturated rings. The average molecular weight is 402 g/mol. The number of hydrogen-bond acceptors (Lipinski definition) is 6. The van der Waals surface area contributed by atoms with Crippen LogP contribution in [0.1, 0.15) is 17.8 Å². The van der Waals surface area contributed by atoms with E-state index >= 15 is 0 Å². The summed E-state index contributed by atoms with van der Waals surface area (Å²) >= 11 is 1.41. The lowest BCUT2D eigenvalue weighted by Crippen LogP contribution is -2.32. The van der Waals surface area contributed by atoms with Gasteiger partial charge in [0.15, 0.2) is 5.82 Å². The van der Waals surface area contributed by atoms with Crippen molar-refractivity contribution >= 4 is 35.4 Å². The van der Waals surface area contributed by atoms with Gasteiger partial charge < -0.3 is 0 Å². The zero-order valence-electron chi connectivity index (χ0n) is 15.8. The molecule has 1 aliphatic carbocycles. The van der Waals surface area contributed by atoms with Crippen molar-refractivity contribution in [3.8, 4) is 5.69 Å². The number of aromatic nitrogens is 3. The number of guanidine groups is 1. The molecule has 29 heavy (non-hydrogen) atoms. The predicted octanol–water partition coefficient (Wildman–Crippen LogP) is 3.35. The van der Waals surface area contributed by atoms with Crippen LogP contribution in [-0.4, -0.2) is 43.5 Å². The highest BCUT2D eigenvalue weighted by atomic mass is 32.2. The van der Waals surface area contributed by atoms with Crippen LogP contribution in [0.2, 0.25) is 0 Å². The van der Waals surface area contributed by atoms with Gasteiger partial charge in [0.2, 0.25) is 11.9 Å². The topological polar surface area (TPSA) is 75.7 Å². The van der Waals surface area contributed by atoms with Crippen LogP contribution >= 0.6 is 11.8 Å². The lowest BCUT2D eigenvalue weighted by Gasteiger charge is -2.23. The number of thioether (sulfide) groups is 1. The molecule has 2 aliphatic heterocycles. The standard InChI is InChI=1S/C21H18N6OS/c1-13-3-7-17(8-4-13)26-12-23-20(25-26)15-5-6-16-10-22-21(24-18(16)9-15)27-14(2)29-11-19(27)28/h3-5,7-10,12,16H,2,6,11H2,1H3. The highest BCUT2D eigenvalue weighted by Gasteiger charge is 2.32. The van der Waals surface area contributed by atoms with Gasteiger partial charge in [-0.25, -0.2) is 24.6 Å². The van der Waals surface area contributed by atoms with Crippen LogP contribution in [0.4, 0.5) is 0 Å². The molecule has 7 nitrogen and oxygen atoms in total. The molecule has 5 rings (SSSR count). The molecule has 3 heterocycles. The number of hydrogen-bond donors (Lipinski definition) is 0. The first kappa shape index (κ1) is 17.8. The maximum atomic E-state index is 12.1. The molecule has 8 heteroatoms. The fraction of sp³-hybridized carbons (Fsp3) is 0.190. The van der Waals surface area contributed by atoms with E-state index in [1.54, 1.807) is 11.0 Å². The van der Waals surface area contributed by atoms with Crippen LogP contribution in [0.25, 0.3) is 11.3 Å². The Morgan fingerprint density at radius 2 is 2.07 bits per heavy atom. The van der Waals surface area contributed by atoms with Gasteiger partial charge in [0.1, 0.15) is 6.33 Å². The van der Waals surface area contributed by atoms with Crippen LogP contribution < -0.4 is 0 Å². The number of allylic oxidation sites excluding steroid dienone is 4. The summed E-state index contributed by atoms with van der Waals surface area (Å²) in [7, 11) is 0. The minimum atomic E-state index is -0.0416. The normalized spacial score (nSPS) is 21.1. The summed E-state index contributed by atoms with van der Waals surface area (Å²) in [4.78, 5) is 27.1. The third-order valence-electron chi connectivity index (χ3n) is 4.98. The third-order valence-corrected chi connectivity index (χ3v) is 5.89. The molecule has 0 spiro atoms. The van der Waals surface area contributed by atoms with Crippen molar-refractivity contribution in [3.63, 3.8) is 0 Å². The van der Waals surface area contributed by atoms with E-state index in [0.29, 0.717) is 22.6 Å². The van der Waals surface area contributed by atoms with Gasteiger partial charge in [-0.05, 0) is 31.6 Å². The van der Waals surface area contributed by atoms with Crippen molar-refractivity contribution in [2.75, 3.05) is 5.75 Å². The first-order valence-corrected chi connectivity index (χ1v) is 10.3. The Bertz CT molecular complexity index is 1120. The number of amides is 1. The molecule has 1 aromatic carbocycles. The summed E-state index contributed by atoms with van der Waals surface area (Å²) in [6.07, 6.45) is 8.41. The van der Waals surface area contributed by atoms with Crippen molar-refractivity contribution in [2.24, 2.45) is 15.9 Å². The van der Waals surface area contributed by atoms with Crippen LogP contribution in [0, 0.1) is 12.8 Å². The zero-order chi connectivity index (χ0) is 20.0. The van der Waals surface area contributed by atoms with Crippen LogP contribution in [-0.2, 0) is 4.79 Å². The lowest BCUT2D eigenvalue weighted by atomic mass is 9.93. The summed E-state index contributed by atoms with van der Waals surface area (Å²) in [6, 6.07) is 8.13. The first-order chi connectivity index (χ1) is 14.1. The predicted molar refractivity (Wildman–Crippen MR) is 115 cm³/mol. The molecule has 1 aromatic heterocycles. The number of nitrogens with zero attached hydrogens (tertiary/aromatic N) is 6. The van der Waals surface area contributed by atoms with Crippen molar-refractivity contribution in [1.82, 2.24) is 19.7 Å². The highest BCUT2D eigenvalue weighted by molar-refractivity contribution is 8.04. The Morgan fingerprint density at radius 3 is 2.83 bits per heavy atom. The van der Waals surface area contributed by atoms with Crippen molar-refractivity contribution in [2.45, 2.75) is 13.3 Å². The van der Waals surface area contributed by atoms with Crippen molar-refractivity contribution in [3.05, 3.63) is 71.4 Å². The van der Waals surface area contributed by atoms with Crippen LogP contribution in [0.5, 0.6) is 0 Å².